The van der Waals surface area contributed by atoms with Gasteiger partial charge in [0.15, 0.2) is 7.98 Å². The fourth-order valence-electron chi connectivity index (χ4n) is 2.06. The molecule has 0 N–H and O–H groups in total. The van der Waals surface area contributed by atoms with E-state index in [1.54, 1.807) is 0 Å². The van der Waals surface area contributed by atoms with Crippen LogP contribution < -0.4 is 0 Å². The Morgan fingerprint density at radius 3 is 2.67 bits per heavy atom. The zero-order valence-electron chi connectivity index (χ0n) is 6.17. The van der Waals surface area contributed by atoms with Crippen LogP contribution in [0.1, 0.15) is 6.42 Å². The molecule has 2 fully saturated rings. The second-order valence-corrected chi connectivity index (χ2v) is 3.34. The molecular formula is C6H13BN2. The molecule has 50 valence electrons. The van der Waals surface area contributed by atoms with Gasteiger partial charge < -0.3 is 9.71 Å². The van der Waals surface area contributed by atoms with Crippen LogP contribution in [0.5, 0.6) is 0 Å². The summed E-state index contributed by atoms with van der Waals surface area (Å²) in [7, 11) is 4.46. The highest BCUT2D eigenvalue weighted by Crippen LogP contribution is 2.28. The smallest absolute Gasteiger partial charge is 0.185 e. The van der Waals surface area contributed by atoms with Gasteiger partial charge in [-0.3, -0.25) is 0 Å². The number of hydrogen-bond donors (Lipinski definition) is 0. The summed E-state index contributed by atoms with van der Waals surface area (Å²) in [6.45, 7) is 2.60. The Morgan fingerprint density at radius 2 is 2.22 bits per heavy atom. The van der Waals surface area contributed by atoms with Gasteiger partial charge >= 0.3 is 0 Å². The van der Waals surface area contributed by atoms with Gasteiger partial charge in [-0.25, -0.2) is 0 Å². The molecule has 9 heavy (non-hydrogen) atoms. The van der Waals surface area contributed by atoms with Crippen molar-refractivity contribution < 1.29 is 0 Å². The third-order valence-electron chi connectivity index (χ3n) is 2.83. The highest BCUT2D eigenvalue weighted by Gasteiger charge is 2.42. The second-order valence-electron chi connectivity index (χ2n) is 3.34. The fourth-order valence-corrected chi connectivity index (χ4v) is 2.06. The van der Waals surface area contributed by atoms with Crippen molar-refractivity contribution in [2.45, 2.75) is 18.5 Å². The van der Waals surface area contributed by atoms with Crippen molar-refractivity contribution in [2.24, 2.45) is 0 Å². The topological polar surface area (TPSA) is 6.48 Å². The van der Waals surface area contributed by atoms with Gasteiger partial charge in [-0.2, -0.15) is 0 Å². The summed E-state index contributed by atoms with van der Waals surface area (Å²) < 4.78 is 0. The molecular weight excluding hydrogens is 111 g/mol. The largest absolute Gasteiger partial charge is 0.344 e. The molecule has 0 aromatic carbocycles. The lowest BCUT2D eigenvalue weighted by Gasteiger charge is -2.44. The predicted octanol–water partition coefficient (Wildman–Crippen LogP) is -1.08. The number of fused-ring (bicyclic) bond motifs is 1. The van der Waals surface area contributed by atoms with Crippen LogP contribution in [0.15, 0.2) is 0 Å². The Hall–Kier alpha value is -0.0151. The standard InChI is InChI=1S/C6H13BN2/c1-8-4-6-5(8)2-3-9(6)7/h5-6H,2-4,7H2,1H3/t5-,6-/m1/s1. The normalized spacial score (nSPS) is 44.6. The minimum Gasteiger partial charge on any atom is -0.344 e. The molecule has 2 rings (SSSR count). The Bertz CT molecular complexity index is 126. The van der Waals surface area contributed by atoms with Gasteiger partial charge in [0.25, 0.3) is 0 Å². The third kappa shape index (κ3) is 0.649. The molecule has 2 saturated heterocycles. The van der Waals surface area contributed by atoms with Crippen LogP contribution in [0.3, 0.4) is 0 Å². The van der Waals surface area contributed by atoms with Gasteiger partial charge in [0.2, 0.25) is 0 Å². The number of hydrogen-bond acceptors (Lipinski definition) is 2. The Labute approximate surface area is 57.2 Å². The number of likely N-dealkylation sites (N-methyl/N-ethyl adjacent to an activating group) is 1. The van der Waals surface area contributed by atoms with Crippen LogP contribution >= 0.6 is 0 Å². The highest BCUT2D eigenvalue weighted by atomic mass is 15.3. The van der Waals surface area contributed by atoms with Gasteiger partial charge in [0.1, 0.15) is 0 Å². The molecule has 0 bridgehead atoms. The van der Waals surface area contributed by atoms with Gasteiger partial charge in [-0.15, -0.1) is 0 Å². The van der Waals surface area contributed by atoms with Crippen molar-refractivity contribution >= 4 is 7.98 Å². The number of nitrogens with zero attached hydrogens (tertiary/aromatic N) is 2. The first kappa shape index (κ1) is 5.75. The van der Waals surface area contributed by atoms with E-state index in [4.69, 9.17) is 0 Å². The molecule has 2 aliphatic heterocycles. The minimum absolute atomic E-state index is 0.898. The van der Waals surface area contributed by atoms with E-state index in [-0.39, 0.29) is 0 Å². The van der Waals surface area contributed by atoms with Crippen LogP contribution in [0.4, 0.5) is 0 Å². The first-order valence-corrected chi connectivity index (χ1v) is 3.69. The summed E-state index contributed by atoms with van der Waals surface area (Å²) in [4.78, 5) is 4.93. The Balaban J connectivity index is 2.03. The lowest BCUT2D eigenvalue weighted by Crippen LogP contribution is -2.59. The summed E-state index contributed by atoms with van der Waals surface area (Å²) in [6, 6.07) is 1.80. The lowest BCUT2D eigenvalue weighted by molar-refractivity contribution is 0.0782. The van der Waals surface area contributed by atoms with Gasteiger partial charge in [0.05, 0.1) is 0 Å². The molecule has 0 radical (unpaired) electrons. The maximum absolute atomic E-state index is 2.48. The van der Waals surface area contributed by atoms with Crippen molar-refractivity contribution in [2.75, 3.05) is 20.1 Å². The Kier molecular flexibility index (Phi) is 1.11. The van der Waals surface area contributed by atoms with Crippen LogP contribution in [0.25, 0.3) is 0 Å². The first-order valence-electron chi connectivity index (χ1n) is 3.69. The molecule has 0 unspecified atom stereocenters. The van der Waals surface area contributed by atoms with Crippen molar-refractivity contribution in [3.63, 3.8) is 0 Å². The molecule has 2 heterocycles. The minimum atomic E-state index is 0.898. The molecule has 2 aliphatic rings. The molecule has 0 spiro atoms. The monoisotopic (exact) mass is 124 g/mol. The van der Waals surface area contributed by atoms with E-state index >= 15 is 0 Å². The molecule has 0 aromatic rings. The van der Waals surface area contributed by atoms with Crippen LogP contribution in [-0.4, -0.2) is 49.9 Å². The van der Waals surface area contributed by atoms with Gasteiger partial charge in [-0.1, -0.05) is 0 Å². The van der Waals surface area contributed by atoms with E-state index in [2.05, 4.69) is 24.7 Å². The fraction of sp³-hybridized carbons (Fsp3) is 1.00. The maximum atomic E-state index is 2.48. The summed E-state index contributed by atoms with van der Waals surface area (Å²) in [5, 5.41) is 0. The van der Waals surface area contributed by atoms with E-state index in [1.165, 1.54) is 19.5 Å². The van der Waals surface area contributed by atoms with Crippen LogP contribution in [0.2, 0.25) is 0 Å². The summed E-state index contributed by atoms with van der Waals surface area (Å²) in [5.41, 5.74) is 0. The first-order chi connectivity index (χ1) is 4.29. The Morgan fingerprint density at radius 1 is 1.44 bits per heavy atom. The number of likely N-dealkylation sites (tertiary alicyclic amines) is 1. The summed E-state index contributed by atoms with van der Waals surface area (Å²) in [6.07, 6.45) is 1.39. The third-order valence-corrected chi connectivity index (χ3v) is 2.83. The van der Waals surface area contributed by atoms with E-state index < -0.39 is 0 Å². The molecule has 0 aromatic heterocycles. The van der Waals surface area contributed by atoms with Gasteiger partial charge in [0, 0.05) is 18.6 Å². The average molecular weight is 124 g/mol. The average Bonchev–Trinajstić information content (AvgIpc) is 2.07. The van der Waals surface area contributed by atoms with E-state index in [1.807, 2.05) is 0 Å². The van der Waals surface area contributed by atoms with Gasteiger partial charge in [-0.05, 0) is 20.0 Å². The molecule has 0 saturated carbocycles. The SMILES string of the molecule is BN1CC[C@@H]2[C@H]1CN2C. The zero-order valence-corrected chi connectivity index (χ0v) is 6.17. The molecule has 0 aliphatic carbocycles. The lowest BCUT2D eigenvalue weighted by atomic mass is 9.97. The summed E-state index contributed by atoms with van der Waals surface area (Å²) >= 11 is 0. The van der Waals surface area contributed by atoms with E-state index in [0.717, 1.165) is 12.1 Å². The van der Waals surface area contributed by atoms with Crippen molar-refractivity contribution in [3.8, 4) is 0 Å². The molecule has 2 nitrogen and oxygen atoms in total. The quantitative estimate of drug-likeness (QED) is 0.379. The van der Waals surface area contributed by atoms with Crippen LogP contribution in [0, 0.1) is 0 Å². The van der Waals surface area contributed by atoms with Crippen molar-refractivity contribution in [1.29, 1.82) is 0 Å². The van der Waals surface area contributed by atoms with Crippen molar-refractivity contribution in [1.82, 2.24) is 9.71 Å². The maximum Gasteiger partial charge on any atom is 0.185 e. The predicted molar refractivity (Wildman–Crippen MR) is 40.1 cm³/mol. The van der Waals surface area contributed by atoms with Crippen molar-refractivity contribution in [3.05, 3.63) is 0 Å². The van der Waals surface area contributed by atoms with Crippen LogP contribution in [-0.2, 0) is 0 Å². The molecule has 2 atom stereocenters. The summed E-state index contributed by atoms with van der Waals surface area (Å²) in [5.74, 6) is 0. The zero-order chi connectivity index (χ0) is 6.43. The second kappa shape index (κ2) is 1.73. The highest BCUT2D eigenvalue weighted by molar-refractivity contribution is 6.04. The van der Waals surface area contributed by atoms with E-state index in [9.17, 15) is 0 Å². The molecule has 3 heteroatoms. The van der Waals surface area contributed by atoms with E-state index in [0.29, 0.717) is 0 Å². The molecule has 0 amide bonds. The number of rotatable bonds is 0.